The Bertz CT molecular complexity index is 952. The van der Waals surface area contributed by atoms with Gasteiger partial charge in [0.2, 0.25) is 0 Å². The minimum absolute atomic E-state index is 0.00255. The lowest BCUT2D eigenvalue weighted by Gasteiger charge is -2.15. The fourth-order valence-electron chi connectivity index (χ4n) is 2.53. The molecule has 1 amide bonds. The predicted molar refractivity (Wildman–Crippen MR) is 130 cm³/mol. The van der Waals surface area contributed by atoms with E-state index in [-0.39, 0.29) is 17.5 Å². The highest BCUT2D eigenvalue weighted by Gasteiger charge is 2.15. The number of amides is 1. The molecule has 0 aliphatic carbocycles. The van der Waals surface area contributed by atoms with Gasteiger partial charge in [-0.05, 0) is 84.3 Å². The number of halogens is 2. The van der Waals surface area contributed by atoms with E-state index < -0.39 is 0 Å². The Balaban J connectivity index is 2.29. The van der Waals surface area contributed by atoms with Crippen LogP contribution >= 0.6 is 38.5 Å². The molecule has 0 aromatic heterocycles. The number of carbonyl (C=O) groups excluding carboxylic acids is 1. The fraction of sp³-hybridized carbons (Fsp3) is 0.304. The van der Waals surface area contributed by atoms with Crippen LogP contribution in [0.25, 0.3) is 6.08 Å². The third-order valence-corrected chi connectivity index (χ3v) is 5.62. The summed E-state index contributed by atoms with van der Waals surface area (Å²) in [6.45, 7) is 6.65. The molecule has 7 heteroatoms. The van der Waals surface area contributed by atoms with Gasteiger partial charge in [0.25, 0.3) is 5.91 Å². The average Bonchev–Trinajstić information content (AvgIpc) is 2.72. The Morgan fingerprint density at radius 3 is 2.57 bits per heavy atom. The number of ether oxygens (including phenoxy) is 2. The first-order chi connectivity index (χ1) is 14.4. The fourth-order valence-corrected chi connectivity index (χ4v) is 3.57. The van der Waals surface area contributed by atoms with Gasteiger partial charge in [0.1, 0.15) is 18.2 Å². The lowest BCUT2D eigenvalue weighted by molar-refractivity contribution is -0.117. The van der Waals surface area contributed by atoms with Gasteiger partial charge in [0.15, 0.2) is 11.5 Å². The van der Waals surface area contributed by atoms with Crippen LogP contribution in [0, 0.1) is 14.9 Å². The first kappa shape index (κ1) is 24.2. The van der Waals surface area contributed by atoms with Gasteiger partial charge in [-0.1, -0.05) is 35.0 Å². The second-order valence-electron chi connectivity index (χ2n) is 6.63. The third-order valence-electron chi connectivity index (χ3n) is 4.29. The summed E-state index contributed by atoms with van der Waals surface area (Å²) >= 11 is 5.60. The summed E-state index contributed by atoms with van der Waals surface area (Å²) in [6.07, 6.45) is 2.36. The minimum atomic E-state index is -0.379. The van der Waals surface area contributed by atoms with E-state index in [1.165, 1.54) is 0 Å². The van der Waals surface area contributed by atoms with Gasteiger partial charge in [-0.3, -0.25) is 4.79 Å². The molecule has 0 aliphatic rings. The molecule has 0 unspecified atom stereocenters. The molecule has 2 aromatic carbocycles. The van der Waals surface area contributed by atoms with E-state index in [1.807, 2.05) is 57.2 Å². The van der Waals surface area contributed by atoms with Gasteiger partial charge in [-0.15, -0.1) is 0 Å². The van der Waals surface area contributed by atoms with Gasteiger partial charge in [-0.25, -0.2) is 0 Å². The molecule has 5 nitrogen and oxygen atoms in total. The molecule has 0 fully saturated rings. The van der Waals surface area contributed by atoms with Crippen LogP contribution < -0.4 is 14.8 Å². The van der Waals surface area contributed by atoms with Crippen molar-refractivity contribution in [3.63, 3.8) is 0 Å². The van der Waals surface area contributed by atoms with Crippen molar-refractivity contribution in [3.05, 3.63) is 61.1 Å². The number of nitriles is 1. The topological polar surface area (TPSA) is 71.3 Å². The Hall–Kier alpha value is -2.05. The second-order valence-corrected chi connectivity index (χ2v) is 8.71. The van der Waals surface area contributed by atoms with Gasteiger partial charge in [0.05, 0.1) is 10.2 Å². The highest BCUT2D eigenvalue weighted by molar-refractivity contribution is 14.1. The molecule has 2 rings (SSSR count). The normalized spacial score (nSPS) is 12.1. The summed E-state index contributed by atoms with van der Waals surface area (Å²) in [6, 6.07) is 13.6. The third kappa shape index (κ3) is 7.03. The zero-order chi connectivity index (χ0) is 22.1. The standard InChI is InChI=1S/C23H24BrIN2O3/c1-4-15(3)27-23(28)18(13-26)10-17-11-20(25)22(21(12-17)29-5-2)30-14-16-6-8-19(24)9-7-16/h6-12,15H,4-5,14H2,1-3H3,(H,27,28)/b18-10+/t15-/m0/s1. The summed E-state index contributed by atoms with van der Waals surface area (Å²) < 4.78 is 13.7. The van der Waals surface area contributed by atoms with Crippen LogP contribution in [0.2, 0.25) is 0 Å². The Kier molecular flexibility index (Phi) is 9.66. The number of hydrogen-bond acceptors (Lipinski definition) is 4. The average molecular weight is 583 g/mol. The Labute approximate surface area is 199 Å². The SMILES string of the molecule is CCOc1cc(/C=C(\C#N)C(=O)N[C@@H](C)CC)cc(I)c1OCc1ccc(Br)cc1. The summed E-state index contributed by atoms with van der Waals surface area (Å²) in [7, 11) is 0. The maximum Gasteiger partial charge on any atom is 0.262 e. The van der Waals surface area contributed by atoms with Crippen LogP contribution in [0.4, 0.5) is 0 Å². The van der Waals surface area contributed by atoms with Crippen LogP contribution in [0.15, 0.2) is 46.4 Å². The van der Waals surface area contributed by atoms with Gasteiger partial charge < -0.3 is 14.8 Å². The number of hydrogen-bond donors (Lipinski definition) is 1. The van der Waals surface area contributed by atoms with Crippen molar-refractivity contribution in [2.24, 2.45) is 0 Å². The second kappa shape index (κ2) is 12.0. The Morgan fingerprint density at radius 2 is 1.97 bits per heavy atom. The molecule has 0 saturated heterocycles. The maximum atomic E-state index is 12.3. The summed E-state index contributed by atoms with van der Waals surface area (Å²) in [5.74, 6) is 0.836. The van der Waals surface area contributed by atoms with Crippen molar-refractivity contribution < 1.29 is 14.3 Å². The minimum Gasteiger partial charge on any atom is -0.490 e. The van der Waals surface area contributed by atoms with Crippen molar-refractivity contribution in [1.82, 2.24) is 5.32 Å². The Morgan fingerprint density at radius 1 is 1.27 bits per heavy atom. The zero-order valence-electron chi connectivity index (χ0n) is 17.2. The van der Waals surface area contributed by atoms with E-state index in [2.05, 4.69) is 43.8 Å². The van der Waals surface area contributed by atoms with Gasteiger partial charge in [0, 0.05) is 10.5 Å². The van der Waals surface area contributed by atoms with Gasteiger partial charge in [-0.2, -0.15) is 5.26 Å². The predicted octanol–water partition coefficient (Wildman–Crippen LogP) is 5.85. The highest BCUT2D eigenvalue weighted by atomic mass is 127. The molecule has 0 heterocycles. The first-order valence-corrected chi connectivity index (χ1v) is 11.5. The molecule has 0 aliphatic heterocycles. The molecule has 0 spiro atoms. The molecular weight excluding hydrogens is 559 g/mol. The molecule has 1 N–H and O–H groups in total. The largest absolute Gasteiger partial charge is 0.490 e. The molecule has 30 heavy (non-hydrogen) atoms. The maximum absolute atomic E-state index is 12.3. The summed E-state index contributed by atoms with van der Waals surface area (Å²) in [5.41, 5.74) is 1.79. The van der Waals surface area contributed by atoms with Gasteiger partial charge >= 0.3 is 0 Å². The quantitative estimate of drug-likeness (QED) is 0.229. The van der Waals surface area contributed by atoms with Crippen LogP contribution in [-0.2, 0) is 11.4 Å². The lowest BCUT2D eigenvalue weighted by atomic mass is 10.1. The van der Waals surface area contributed by atoms with E-state index in [0.717, 1.165) is 20.0 Å². The molecule has 0 bridgehead atoms. The summed E-state index contributed by atoms with van der Waals surface area (Å²) in [4.78, 5) is 12.3. The van der Waals surface area contributed by atoms with E-state index in [4.69, 9.17) is 9.47 Å². The molecule has 0 saturated carbocycles. The van der Waals surface area contributed by atoms with E-state index in [1.54, 1.807) is 12.1 Å². The van der Waals surface area contributed by atoms with Crippen LogP contribution in [0.3, 0.4) is 0 Å². The smallest absolute Gasteiger partial charge is 0.262 e. The van der Waals surface area contributed by atoms with E-state index in [0.29, 0.717) is 30.3 Å². The summed E-state index contributed by atoms with van der Waals surface area (Å²) in [5, 5.41) is 12.2. The van der Waals surface area contributed by atoms with Crippen molar-refractivity contribution in [1.29, 1.82) is 5.26 Å². The monoisotopic (exact) mass is 582 g/mol. The number of carbonyl (C=O) groups is 1. The van der Waals surface area contributed by atoms with Crippen molar-refractivity contribution in [2.45, 2.75) is 39.8 Å². The van der Waals surface area contributed by atoms with Crippen molar-refractivity contribution in [2.75, 3.05) is 6.61 Å². The lowest BCUT2D eigenvalue weighted by Crippen LogP contribution is -2.32. The van der Waals surface area contributed by atoms with Crippen molar-refractivity contribution >= 4 is 50.5 Å². The molecular formula is C23H24BrIN2O3. The van der Waals surface area contributed by atoms with Crippen LogP contribution in [-0.4, -0.2) is 18.6 Å². The number of nitrogens with one attached hydrogen (secondary N) is 1. The molecule has 1 atom stereocenters. The molecule has 2 aromatic rings. The number of nitrogens with zero attached hydrogens (tertiary/aromatic N) is 1. The number of benzene rings is 2. The van der Waals surface area contributed by atoms with Crippen LogP contribution in [0.1, 0.15) is 38.3 Å². The highest BCUT2D eigenvalue weighted by Crippen LogP contribution is 2.35. The van der Waals surface area contributed by atoms with E-state index in [9.17, 15) is 10.1 Å². The first-order valence-electron chi connectivity index (χ1n) is 9.64. The zero-order valence-corrected chi connectivity index (χ0v) is 20.9. The molecule has 158 valence electrons. The van der Waals surface area contributed by atoms with E-state index >= 15 is 0 Å². The van der Waals surface area contributed by atoms with Crippen LogP contribution in [0.5, 0.6) is 11.5 Å². The molecule has 0 radical (unpaired) electrons. The number of rotatable bonds is 9. The van der Waals surface area contributed by atoms with Crippen molar-refractivity contribution in [3.8, 4) is 17.6 Å².